The molecule has 0 saturated carbocycles. The predicted molar refractivity (Wildman–Crippen MR) is 85.3 cm³/mol. The van der Waals surface area contributed by atoms with Gasteiger partial charge in [0.15, 0.2) is 6.61 Å². The number of rotatable bonds is 4. The Balaban J connectivity index is 2.55. The van der Waals surface area contributed by atoms with Crippen molar-refractivity contribution in [2.24, 2.45) is 0 Å². The maximum Gasteiger partial charge on any atom is 0.344 e. The first-order valence-electron chi connectivity index (χ1n) is 6.95. The Bertz CT molecular complexity index is 390. The second-order valence-electron chi connectivity index (χ2n) is 6.68. The molecular weight excluding hydrogens is 389 g/mol. The maximum absolute atomic E-state index is 11.8. The van der Waals surface area contributed by atoms with Crippen molar-refractivity contribution in [3.05, 3.63) is 0 Å². The molecule has 122 valence electrons. The van der Waals surface area contributed by atoms with E-state index in [-0.39, 0.29) is 16.6 Å². The predicted octanol–water partition coefficient (Wildman–Crippen LogP) is 2.31. The Morgan fingerprint density at radius 2 is 1.76 bits per heavy atom. The topological polar surface area (TPSA) is 76.1 Å². The highest BCUT2D eigenvalue weighted by molar-refractivity contribution is 14.1. The van der Waals surface area contributed by atoms with Crippen LogP contribution in [0.15, 0.2) is 0 Å². The highest BCUT2D eigenvalue weighted by Crippen LogP contribution is 2.37. The molecule has 1 heterocycles. The van der Waals surface area contributed by atoms with E-state index in [1.165, 1.54) is 5.06 Å². The van der Waals surface area contributed by atoms with Crippen LogP contribution in [0.1, 0.15) is 47.5 Å². The van der Waals surface area contributed by atoms with Crippen LogP contribution < -0.4 is 0 Å². The van der Waals surface area contributed by atoms with Gasteiger partial charge in [-0.15, -0.1) is 0 Å². The number of hydrogen-bond donors (Lipinski definition) is 1. The van der Waals surface area contributed by atoms with Crippen molar-refractivity contribution in [1.29, 1.82) is 0 Å². The molecule has 1 unspecified atom stereocenters. The minimum atomic E-state index is -0.552. The zero-order valence-corrected chi connectivity index (χ0v) is 15.3. The Morgan fingerprint density at radius 3 is 2.19 bits per heavy atom. The zero-order chi connectivity index (χ0) is 16.4. The maximum atomic E-state index is 11.8. The number of hydrogen-bond acceptors (Lipinski definition) is 6. The van der Waals surface area contributed by atoms with Gasteiger partial charge in [0, 0.05) is 23.9 Å². The lowest BCUT2D eigenvalue weighted by molar-refractivity contribution is -0.259. The largest absolute Gasteiger partial charge is 0.460 e. The first-order valence-corrected chi connectivity index (χ1v) is 8.20. The molecule has 1 N–H and O–H groups in total. The van der Waals surface area contributed by atoms with Gasteiger partial charge in [-0.1, -0.05) is 22.6 Å². The van der Waals surface area contributed by atoms with Gasteiger partial charge in [0.2, 0.25) is 0 Å². The van der Waals surface area contributed by atoms with E-state index in [2.05, 4.69) is 0 Å². The minimum absolute atomic E-state index is 0.300. The minimum Gasteiger partial charge on any atom is -0.460 e. The van der Waals surface area contributed by atoms with Crippen LogP contribution in [0.5, 0.6) is 0 Å². The second-order valence-corrected chi connectivity index (χ2v) is 8.55. The first kappa shape index (κ1) is 18.6. The molecule has 1 atom stereocenters. The molecule has 1 aliphatic heterocycles. The van der Waals surface area contributed by atoms with Gasteiger partial charge in [0.05, 0.1) is 0 Å². The zero-order valence-electron chi connectivity index (χ0n) is 13.2. The molecule has 1 fully saturated rings. The lowest BCUT2D eigenvalue weighted by Gasteiger charge is -2.50. The van der Waals surface area contributed by atoms with Crippen LogP contribution in [0.25, 0.3) is 0 Å². The fraction of sp³-hybridized carbons (Fsp3) is 0.857. The van der Waals surface area contributed by atoms with Crippen LogP contribution in [0.4, 0.5) is 0 Å². The van der Waals surface area contributed by atoms with Crippen LogP contribution in [0, 0.1) is 0 Å². The summed E-state index contributed by atoms with van der Waals surface area (Å²) < 4.78 is 9.94. The van der Waals surface area contributed by atoms with E-state index in [4.69, 9.17) is 9.47 Å². The molecule has 6 nitrogen and oxygen atoms in total. The molecule has 0 aliphatic carbocycles. The third-order valence-corrected chi connectivity index (χ3v) is 4.06. The van der Waals surface area contributed by atoms with E-state index >= 15 is 0 Å². The molecular formula is C14H24INO5. The van der Waals surface area contributed by atoms with Gasteiger partial charge < -0.3 is 14.7 Å². The molecule has 7 heteroatoms. The van der Waals surface area contributed by atoms with E-state index in [1.54, 1.807) is 6.92 Å². The number of ether oxygens (including phenoxy) is 2. The normalized spacial score (nSPS) is 23.4. The summed E-state index contributed by atoms with van der Waals surface area (Å²) in [6, 6.07) is 0. The standard InChI is InChI=1S/C14H24INO5/c1-9(15)12(18)20-8-11(17)21-10-6-13(2,3)16(19)14(4,5)7-10/h9-10,19H,6-8H2,1-5H3. The third kappa shape index (κ3) is 5.07. The van der Waals surface area contributed by atoms with Crippen LogP contribution in [-0.2, 0) is 19.1 Å². The summed E-state index contributed by atoms with van der Waals surface area (Å²) in [5, 5.41) is 11.5. The van der Waals surface area contributed by atoms with Gasteiger partial charge in [-0.3, -0.25) is 4.79 Å². The summed E-state index contributed by atoms with van der Waals surface area (Å²) in [5.41, 5.74) is -0.972. The summed E-state index contributed by atoms with van der Waals surface area (Å²) in [6.07, 6.45) is 0.742. The highest BCUT2D eigenvalue weighted by Gasteiger charge is 2.46. The third-order valence-electron chi connectivity index (χ3n) is 3.56. The molecule has 0 radical (unpaired) electrons. The smallest absolute Gasteiger partial charge is 0.344 e. The van der Waals surface area contributed by atoms with E-state index < -0.39 is 23.0 Å². The Kier molecular flexibility index (Phi) is 6.02. The number of carbonyl (C=O) groups excluding carboxylic acids is 2. The number of piperidine rings is 1. The van der Waals surface area contributed by atoms with Crippen LogP contribution in [0.2, 0.25) is 0 Å². The van der Waals surface area contributed by atoms with Gasteiger partial charge in [0.25, 0.3) is 0 Å². The second kappa shape index (κ2) is 6.78. The SMILES string of the molecule is CC(I)C(=O)OCC(=O)OC1CC(C)(C)N(O)C(C)(C)C1. The number of carbonyl (C=O) groups is 2. The lowest BCUT2D eigenvalue weighted by atomic mass is 9.80. The summed E-state index contributed by atoms with van der Waals surface area (Å²) in [5.74, 6) is -0.984. The van der Waals surface area contributed by atoms with Gasteiger partial charge >= 0.3 is 11.9 Å². The summed E-state index contributed by atoms with van der Waals surface area (Å²) >= 11 is 1.92. The number of alkyl halides is 1. The molecule has 21 heavy (non-hydrogen) atoms. The fourth-order valence-corrected chi connectivity index (χ4v) is 2.91. The van der Waals surface area contributed by atoms with Crippen LogP contribution in [0.3, 0.4) is 0 Å². The van der Waals surface area contributed by atoms with E-state index in [0.29, 0.717) is 12.8 Å². The van der Waals surface area contributed by atoms with Gasteiger partial charge in [0.1, 0.15) is 10.0 Å². The van der Waals surface area contributed by atoms with Crippen molar-refractivity contribution >= 4 is 34.5 Å². The molecule has 1 saturated heterocycles. The van der Waals surface area contributed by atoms with Crippen molar-refractivity contribution in [2.45, 2.75) is 68.6 Å². The van der Waals surface area contributed by atoms with Crippen molar-refractivity contribution in [1.82, 2.24) is 5.06 Å². The fourth-order valence-electron chi connectivity index (χ4n) is 2.73. The van der Waals surface area contributed by atoms with Crippen LogP contribution >= 0.6 is 22.6 Å². The highest BCUT2D eigenvalue weighted by atomic mass is 127. The van der Waals surface area contributed by atoms with Crippen molar-refractivity contribution in [3.63, 3.8) is 0 Å². The Morgan fingerprint density at radius 1 is 1.29 bits per heavy atom. The number of esters is 2. The van der Waals surface area contributed by atoms with E-state index in [0.717, 1.165) is 0 Å². The molecule has 0 aromatic carbocycles. The Labute approximate surface area is 139 Å². The molecule has 1 aliphatic rings. The average Bonchev–Trinajstić information content (AvgIpc) is 2.32. The molecule has 0 amide bonds. The molecule has 0 aromatic rings. The molecule has 0 bridgehead atoms. The Hall–Kier alpha value is -0.410. The van der Waals surface area contributed by atoms with E-state index in [9.17, 15) is 14.8 Å². The monoisotopic (exact) mass is 413 g/mol. The molecule has 1 rings (SSSR count). The van der Waals surface area contributed by atoms with E-state index in [1.807, 2.05) is 50.3 Å². The van der Waals surface area contributed by atoms with Gasteiger partial charge in [-0.25, -0.2) is 4.79 Å². The first-order chi connectivity index (χ1) is 9.45. The summed E-state index contributed by atoms with van der Waals surface area (Å²) in [4.78, 5) is 23.1. The van der Waals surface area contributed by atoms with Gasteiger partial charge in [-0.05, 0) is 34.6 Å². The number of halogens is 1. The summed E-state index contributed by atoms with van der Waals surface area (Å²) in [7, 11) is 0. The van der Waals surface area contributed by atoms with Crippen molar-refractivity contribution < 1.29 is 24.3 Å². The average molecular weight is 413 g/mol. The quantitative estimate of drug-likeness (QED) is 0.433. The summed E-state index contributed by atoms with van der Waals surface area (Å²) in [6.45, 7) is 8.90. The van der Waals surface area contributed by atoms with Gasteiger partial charge in [-0.2, -0.15) is 5.06 Å². The molecule has 0 spiro atoms. The van der Waals surface area contributed by atoms with Crippen molar-refractivity contribution in [2.75, 3.05) is 6.61 Å². The number of hydroxylamine groups is 2. The molecule has 0 aromatic heterocycles. The van der Waals surface area contributed by atoms with Crippen LogP contribution in [-0.4, -0.2) is 49.9 Å². The van der Waals surface area contributed by atoms with Crippen molar-refractivity contribution in [3.8, 4) is 0 Å². The number of nitrogens with zero attached hydrogens (tertiary/aromatic N) is 1. The lowest BCUT2D eigenvalue weighted by Crippen LogP contribution is -2.60.